The normalized spacial score (nSPS) is 18.0. The average molecular weight is 308 g/mol. The molecule has 1 aliphatic heterocycles. The molecule has 0 aliphatic carbocycles. The van der Waals surface area contributed by atoms with Crippen molar-refractivity contribution in [3.05, 3.63) is 29.6 Å². The number of hydrogen-bond acceptors (Lipinski definition) is 4. The number of esters is 1. The lowest BCUT2D eigenvalue weighted by Gasteiger charge is -2.31. The number of ether oxygens (including phenoxy) is 1. The predicted molar refractivity (Wildman–Crippen MR) is 81.2 cm³/mol. The molecule has 1 amide bonds. The van der Waals surface area contributed by atoms with E-state index >= 15 is 0 Å². The van der Waals surface area contributed by atoms with Gasteiger partial charge in [-0.2, -0.15) is 0 Å². The van der Waals surface area contributed by atoms with Gasteiger partial charge in [-0.15, -0.1) is 0 Å². The fraction of sp³-hybridized carbons (Fsp3) is 0.500. The molecule has 1 N–H and O–H groups in total. The maximum Gasteiger partial charge on any atom is 0.337 e. The number of rotatable bonds is 4. The van der Waals surface area contributed by atoms with Crippen LogP contribution in [0.3, 0.4) is 0 Å². The molecule has 22 heavy (non-hydrogen) atoms. The number of piperidine rings is 1. The van der Waals surface area contributed by atoms with Gasteiger partial charge in [0, 0.05) is 13.1 Å². The van der Waals surface area contributed by atoms with E-state index in [0.717, 1.165) is 25.9 Å². The van der Waals surface area contributed by atoms with Crippen molar-refractivity contribution >= 4 is 17.6 Å². The van der Waals surface area contributed by atoms with Gasteiger partial charge in [0.25, 0.3) is 0 Å². The zero-order chi connectivity index (χ0) is 16.1. The van der Waals surface area contributed by atoms with Crippen LogP contribution in [0.2, 0.25) is 0 Å². The first-order chi connectivity index (χ1) is 10.5. The van der Waals surface area contributed by atoms with E-state index in [1.807, 2.05) is 0 Å². The van der Waals surface area contributed by atoms with E-state index in [2.05, 4.69) is 17.0 Å². The highest BCUT2D eigenvalue weighted by Gasteiger charge is 2.21. The van der Waals surface area contributed by atoms with Gasteiger partial charge in [-0.3, -0.25) is 4.79 Å². The highest BCUT2D eigenvalue weighted by Crippen LogP contribution is 2.18. The van der Waals surface area contributed by atoms with E-state index in [1.54, 1.807) is 4.90 Å². The third-order valence-electron chi connectivity index (χ3n) is 3.83. The van der Waals surface area contributed by atoms with Crippen LogP contribution in [-0.4, -0.2) is 43.5 Å². The minimum Gasteiger partial charge on any atom is -0.465 e. The molecule has 1 aliphatic rings. The zero-order valence-corrected chi connectivity index (χ0v) is 12.9. The average Bonchev–Trinajstić information content (AvgIpc) is 2.53. The van der Waals surface area contributed by atoms with Crippen molar-refractivity contribution in [3.63, 3.8) is 0 Å². The van der Waals surface area contributed by atoms with Gasteiger partial charge < -0.3 is 15.0 Å². The first-order valence-corrected chi connectivity index (χ1v) is 7.40. The third kappa shape index (κ3) is 3.96. The summed E-state index contributed by atoms with van der Waals surface area (Å²) in [5.74, 6) is -0.613. The molecule has 0 bridgehead atoms. The predicted octanol–water partition coefficient (Wildman–Crippen LogP) is 2.28. The number of carbonyl (C=O) groups excluding carboxylic acids is 2. The second-order valence-electron chi connectivity index (χ2n) is 5.63. The first kappa shape index (κ1) is 16.3. The number of carbonyl (C=O) groups is 2. The molecule has 6 heteroatoms. The Labute approximate surface area is 129 Å². The largest absolute Gasteiger partial charge is 0.465 e. The molecule has 0 saturated carbocycles. The molecule has 120 valence electrons. The van der Waals surface area contributed by atoms with E-state index in [-0.39, 0.29) is 23.7 Å². The van der Waals surface area contributed by atoms with Crippen molar-refractivity contribution in [2.45, 2.75) is 19.8 Å². The number of likely N-dealkylation sites (tertiary alicyclic amines) is 1. The summed E-state index contributed by atoms with van der Waals surface area (Å²) in [5.41, 5.74) is 0.367. The smallest absolute Gasteiger partial charge is 0.337 e. The molecular formula is C16H21FN2O3. The highest BCUT2D eigenvalue weighted by atomic mass is 19.1. The van der Waals surface area contributed by atoms with Crippen LogP contribution in [-0.2, 0) is 9.53 Å². The van der Waals surface area contributed by atoms with E-state index in [4.69, 9.17) is 0 Å². The molecule has 5 nitrogen and oxygen atoms in total. The van der Waals surface area contributed by atoms with Gasteiger partial charge in [-0.05, 0) is 37.0 Å². The number of hydrogen-bond donors (Lipinski definition) is 1. The number of anilines is 1. The van der Waals surface area contributed by atoms with Crippen molar-refractivity contribution in [2.24, 2.45) is 5.92 Å². The van der Waals surface area contributed by atoms with E-state index in [9.17, 15) is 14.0 Å². The second-order valence-corrected chi connectivity index (χ2v) is 5.63. The molecule has 1 aromatic carbocycles. The number of amides is 1. The van der Waals surface area contributed by atoms with Gasteiger partial charge in [0.05, 0.1) is 24.9 Å². The molecular weight excluding hydrogens is 287 g/mol. The zero-order valence-electron chi connectivity index (χ0n) is 12.9. The van der Waals surface area contributed by atoms with Crippen LogP contribution in [0.15, 0.2) is 18.2 Å². The lowest BCUT2D eigenvalue weighted by molar-refractivity contribution is -0.130. The van der Waals surface area contributed by atoms with Gasteiger partial charge in [0.1, 0.15) is 5.82 Å². The fourth-order valence-corrected chi connectivity index (χ4v) is 2.60. The minimum absolute atomic E-state index is 0.00820. The molecule has 1 heterocycles. The first-order valence-electron chi connectivity index (χ1n) is 7.40. The Hall–Kier alpha value is -2.11. The van der Waals surface area contributed by atoms with Crippen LogP contribution in [0, 0.1) is 11.7 Å². The maximum absolute atomic E-state index is 13.8. The minimum atomic E-state index is -0.542. The summed E-state index contributed by atoms with van der Waals surface area (Å²) in [6, 6.07) is 3.88. The van der Waals surface area contributed by atoms with Crippen LogP contribution in [0.1, 0.15) is 30.1 Å². The summed E-state index contributed by atoms with van der Waals surface area (Å²) < 4.78 is 18.4. The van der Waals surface area contributed by atoms with Crippen LogP contribution in [0.4, 0.5) is 10.1 Å². The molecule has 1 aromatic rings. The fourth-order valence-electron chi connectivity index (χ4n) is 2.60. The van der Waals surface area contributed by atoms with Crippen LogP contribution >= 0.6 is 0 Å². The van der Waals surface area contributed by atoms with Crippen molar-refractivity contribution in [2.75, 3.05) is 32.1 Å². The molecule has 1 unspecified atom stereocenters. The van der Waals surface area contributed by atoms with Gasteiger partial charge in [0.2, 0.25) is 5.91 Å². The highest BCUT2D eigenvalue weighted by molar-refractivity contribution is 5.90. The maximum atomic E-state index is 13.8. The molecule has 1 saturated heterocycles. The standard InChI is InChI=1S/C16H21FN2O3/c1-11-4-3-7-19(10-11)15(20)9-18-14-8-12(16(21)22-2)5-6-13(14)17/h5-6,8,11,18H,3-4,7,9-10H2,1-2H3. The molecule has 1 atom stereocenters. The second kappa shape index (κ2) is 7.24. The number of halogens is 1. The van der Waals surface area contributed by atoms with Gasteiger partial charge in [0.15, 0.2) is 0 Å². The van der Waals surface area contributed by atoms with Crippen LogP contribution in [0.5, 0.6) is 0 Å². The molecule has 2 rings (SSSR count). The Balaban J connectivity index is 1.98. The number of benzene rings is 1. The Kier molecular flexibility index (Phi) is 5.35. The molecule has 0 spiro atoms. The van der Waals surface area contributed by atoms with Gasteiger partial charge >= 0.3 is 5.97 Å². The topological polar surface area (TPSA) is 58.6 Å². The number of methoxy groups -OCH3 is 1. The lowest BCUT2D eigenvalue weighted by atomic mass is 10.0. The summed E-state index contributed by atoms with van der Waals surface area (Å²) in [4.78, 5) is 25.4. The van der Waals surface area contributed by atoms with Gasteiger partial charge in [-0.1, -0.05) is 6.92 Å². The Morgan fingerprint density at radius 1 is 1.45 bits per heavy atom. The monoisotopic (exact) mass is 308 g/mol. The van der Waals surface area contributed by atoms with Crippen molar-refractivity contribution in [3.8, 4) is 0 Å². The molecule has 0 radical (unpaired) electrons. The molecule has 1 fully saturated rings. The Morgan fingerprint density at radius 3 is 2.91 bits per heavy atom. The Bertz CT molecular complexity index is 562. The summed E-state index contributed by atoms with van der Waals surface area (Å²) in [7, 11) is 1.26. The Morgan fingerprint density at radius 2 is 2.23 bits per heavy atom. The number of nitrogens with one attached hydrogen (secondary N) is 1. The van der Waals surface area contributed by atoms with E-state index in [1.165, 1.54) is 25.3 Å². The van der Waals surface area contributed by atoms with Crippen LogP contribution < -0.4 is 5.32 Å². The summed E-state index contributed by atoms with van der Waals surface area (Å²) >= 11 is 0. The van der Waals surface area contributed by atoms with Crippen molar-refractivity contribution in [1.82, 2.24) is 4.90 Å². The quantitative estimate of drug-likeness (QED) is 0.867. The summed E-state index contributed by atoms with van der Waals surface area (Å²) in [6.07, 6.45) is 2.13. The lowest BCUT2D eigenvalue weighted by Crippen LogP contribution is -2.42. The molecule has 0 aromatic heterocycles. The van der Waals surface area contributed by atoms with Gasteiger partial charge in [-0.25, -0.2) is 9.18 Å². The number of nitrogens with zero attached hydrogens (tertiary/aromatic N) is 1. The third-order valence-corrected chi connectivity index (χ3v) is 3.83. The summed E-state index contributed by atoms with van der Waals surface area (Å²) in [6.45, 7) is 3.61. The van der Waals surface area contributed by atoms with Crippen molar-refractivity contribution in [1.29, 1.82) is 0 Å². The van der Waals surface area contributed by atoms with Crippen LogP contribution in [0.25, 0.3) is 0 Å². The van der Waals surface area contributed by atoms with E-state index < -0.39 is 11.8 Å². The van der Waals surface area contributed by atoms with Crippen molar-refractivity contribution < 1.29 is 18.7 Å². The van der Waals surface area contributed by atoms with E-state index in [0.29, 0.717) is 5.92 Å². The summed E-state index contributed by atoms with van der Waals surface area (Å²) in [5, 5.41) is 2.77. The SMILES string of the molecule is COC(=O)c1ccc(F)c(NCC(=O)N2CCCC(C)C2)c1.